The number of hydrogen-bond acceptors (Lipinski definition) is 6. The summed E-state index contributed by atoms with van der Waals surface area (Å²) in [5.74, 6) is -2.30. The molecule has 1 fully saturated rings. The topological polar surface area (TPSA) is 104 Å². The van der Waals surface area contributed by atoms with Crippen molar-refractivity contribution in [2.75, 3.05) is 31.2 Å². The molecule has 0 saturated carbocycles. The fraction of sp³-hybridized carbons (Fsp3) is 0.308. The van der Waals surface area contributed by atoms with E-state index in [1.807, 2.05) is 4.90 Å². The number of aromatic nitrogens is 2. The number of nitrogens with zero attached hydrogens (tertiary/aromatic N) is 3. The Morgan fingerprint density at radius 2 is 2.00 bits per heavy atom. The van der Waals surface area contributed by atoms with E-state index in [1.165, 1.54) is 0 Å². The second kappa shape index (κ2) is 5.06. The van der Waals surface area contributed by atoms with Crippen LogP contribution in [-0.4, -0.2) is 51.9 Å². The summed E-state index contributed by atoms with van der Waals surface area (Å²) in [6.45, 7) is 2.61. The van der Waals surface area contributed by atoms with Crippen LogP contribution in [0.1, 0.15) is 10.5 Å². The van der Waals surface area contributed by atoms with Crippen molar-refractivity contribution in [2.45, 2.75) is 0 Å². The molecule has 0 aromatic carbocycles. The highest BCUT2D eigenvalue weighted by Gasteiger charge is 2.18. The minimum Gasteiger partial charge on any atom is -0.501 e. The van der Waals surface area contributed by atoms with Crippen LogP contribution in [0.4, 0.5) is 5.69 Å². The first-order valence-corrected chi connectivity index (χ1v) is 6.39. The fourth-order valence-electron chi connectivity index (χ4n) is 2.28. The van der Waals surface area contributed by atoms with Gasteiger partial charge in [0, 0.05) is 19.3 Å². The number of aromatic hydroxyl groups is 1. The molecule has 21 heavy (non-hydrogen) atoms. The van der Waals surface area contributed by atoms with Crippen molar-refractivity contribution < 1.29 is 19.7 Å². The molecule has 8 heteroatoms. The number of carbonyl (C=O) groups is 1. The molecule has 0 radical (unpaired) electrons. The standard InChI is InChI=1S/C13H13N3O5/c17-11-10(13(19)20)14-9-2-1-8(7-16(9)12(11)18)15-3-5-21-6-4-15/h1-2,7,17H,3-6H2,(H,19,20). The summed E-state index contributed by atoms with van der Waals surface area (Å²) >= 11 is 0. The van der Waals surface area contributed by atoms with Gasteiger partial charge in [0.15, 0.2) is 5.69 Å². The van der Waals surface area contributed by atoms with E-state index in [0.717, 1.165) is 10.1 Å². The number of morpholine rings is 1. The lowest BCUT2D eigenvalue weighted by Gasteiger charge is -2.28. The quantitative estimate of drug-likeness (QED) is 0.798. The average molecular weight is 291 g/mol. The Morgan fingerprint density at radius 1 is 1.29 bits per heavy atom. The van der Waals surface area contributed by atoms with Crippen molar-refractivity contribution in [3.8, 4) is 5.75 Å². The molecular formula is C13H13N3O5. The van der Waals surface area contributed by atoms with Crippen LogP contribution in [0.15, 0.2) is 23.1 Å². The first kappa shape index (κ1) is 13.4. The van der Waals surface area contributed by atoms with Crippen LogP contribution in [-0.2, 0) is 4.74 Å². The molecular weight excluding hydrogens is 278 g/mol. The summed E-state index contributed by atoms with van der Waals surface area (Å²) in [6.07, 6.45) is 1.54. The van der Waals surface area contributed by atoms with Gasteiger partial charge in [-0.1, -0.05) is 0 Å². The SMILES string of the molecule is O=C(O)c1nc2ccc(N3CCOCC3)cn2c(=O)c1O. The first-order chi connectivity index (χ1) is 10.1. The van der Waals surface area contributed by atoms with Crippen LogP contribution in [0.3, 0.4) is 0 Å². The third kappa shape index (κ3) is 2.29. The summed E-state index contributed by atoms with van der Waals surface area (Å²) in [7, 11) is 0. The van der Waals surface area contributed by atoms with E-state index in [-0.39, 0.29) is 5.65 Å². The predicted octanol–water partition coefficient (Wildman–Crippen LogP) is -0.0651. The molecule has 2 N–H and O–H groups in total. The highest BCUT2D eigenvalue weighted by molar-refractivity contribution is 5.88. The normalized spacial score (nSPS) is 15.3. The maximum absolute atomic E-state index is 12.1. The number of anilines is 1. The second-order valence-corrected chi connectivity index (χ2v) is 4.63. The van der Waals surface area contributed by atoms with Crippen molar-refractivity contribution in [3.63, 3.8) is 0 Å². The zero-order chi connectivity index (χ0) is 15.0. The lowest BCUT2D eigenvalue weighted by atomic mass is 10.3. The molecule has 1 aliphatic rings. The number of hydrogen-bond donors (Lipinski definition) is 2. The van der Waals surface area contributed by atoms with Crippen LogP contribution in [0.2, 0.25) is 0 Å². The van der Waals surface area contributed by atoms with E-state index >= 15 is 0 Å². The van der Waals surface area contributed by atoms with Gasteiger partial charge in [0.1, 0.15) is 5.65 Å². The Kier molecular flexibility index (Phi) is 3.22. The zero-order valence-electron chi connectivity index (χ0n) is 11.0. The van der Waals surface area contributed by atoms with Crippen LogP contribution in [0.25, 0.3) is 5.65 Å². The smallest absolute Gasteiger partial charge is 0.358 e. The monoisotopic (exact) mass is 291 g/mol. The van der Waals surface area contributed by atoms with E-state index < -0.39 is 23.0 Å². The Hall–Kier alpha value is -2.61. The van der Waals surface area contributed by atoms with Gasteiger partial charge in [0.2, 0.25) is 5.75 Å². The summed E-state index contributed by atoms with van der Waals surface area (Å²) in [4.78, 5) is 28.8. The Labute approximate surface area is 118 Å². The maximum Gasteiger partial charge on any atom is 0.358 e. The van der Waals surface area contributed by atoms with Crippen molar-refractivity contribution in [2.24, 2.45) is 0 Å². The van der Waals surface area contributed by atoms with Gasteiger partial charge in [-0.25, -0.2) is 9.78 Å². The molecule has 3 heterocycles. The van der Waals surface area contributed by atoms with Crippen LogP contribution in [0, 0.1) is 0 Å². The highest BCUT2D eigenvalue weighted by Crippen LogP contribution is 2.17. The van der Waals surface area contributed by atoms with Gasteiger partial charge in [-0.05, 0) is 12.1 Å². The van der Waals surface area contributed by atoms with E-state index in [1.54, 1.807) is 18.3 Å². The third-order valence-corrected chi connectivity index (χ3v) is 3.36. The van der Waals surface area contributed by atoms with Crippen molar-refractivity contribution in [1.82, 2.24) is 9.38 Å². The van der Waals surface area contributed by atoms with Crippen LogP contribution >= 0.6 is 0 Å². The molecule has 2 aromatic heterocycles. The zero-order valence-corrected chi connectivity index (χ0v) is 11.0. The molecule has 1 aliphatic heterocycles. The molecule has 1 saturated heterocycles. The van der Waals surface area contributed by atoms with E-state index in [0.29, 0.717) is 26.3 Å². The molecule has 8 nitrogen and oxygen atoms in total. The summed E-state index contributed by atoms with van der Waals surface area (Å²) < 4.78 is 6.41. The predicted molar refractivity (Wildman–Crippen MR) is 73.1 cm³/mol. The van der Waals surface area contributed by atoms with Gasteiger partial charge >= 0.3 is 11.5 Å². The molecule has 0 atom stereocenters. The van der Waals surface area contributed by atoms with Gasteiger partial charge in [0.25, 0.3) is 0 Å². The van der Waals surface area contributed by atoms with Gasteiger partial charge in [-0.2, -0.15) is 0 Å². The largest absolute Gasteiger partial charge is 0.501 e. The Morgan fingerprint density at radius 3 is 2.67 bits per heavy atom. The van der Waals surface area contributed by atoms with Crippen LogP contribution < -0.4 is 10.5 Å². The van der Waals surface area contributed by atoms with Gasteiger partial charge in [0.05, 0.1) is 18.9 Å². The lowest BCUT2D eigenvalue weighted by Crippen LogP contribution is -2.36. The molecule has 0 aliphatic carbocycles. The number of pyridine rings is 1. The summed E-state index contributed by atoms with van der Waals surface area (Å²) in [6, 6.07) is 3.31. The maximum atomic E-state index is 12.1. The van der Waals surface area contributed by atoms with E-state index in [9.17, 15) is 14.7 Å². The van der Waals surface area contributed by atoms with Crippen LogP contribution in [0.5, 0.6) is 5.75 Å². The van der Waals surface area contributed by atoms with Crippen molar-refractivity contribution in [1.29, 1.82) is 0 Å². The number of carboxylic acid groups (broad SMARTS) is 1. The van der Waals surface area contributed by atoms with Crippen molar-refractivity contribution in [3.05, 3.63) is 34.4 Å². The first-order valence-electron chi connectivity index (χ1n) is 6.39. The molecule has 0 spiro atoms. The number of ether oxygens (including phenoxy) is 1. The molecule has 3 rings (SSSR count). The number of rotatable bonds is 2. The molecule has 0 amide bonds. The van der Waals surface area contributed by atoms with Gasteiger partial charge in [-0.3, -0.25) is 9.20 Å². The average Bonchev–Trinajstić information content (AvgIpc) is 2.51. The Balaban J connectivity index is 2.13. The second-order valence-electron chi connectivity index (χ2n) is 4.63. The van der Waals surface area contributed by atoms with E-state index in [4.69, 9.17) is 9.84 Å². The minimum absolute atomic E-state index is 0.173. The van der Waals surface area contributed by atoms with E-state index in [2.05, 4.69) is 4.98 Å². The molecule has 2 aromatic rings. The number of carboxylic acids is 1. The lowest BCUT2D eigenvalue weighted by molar-refractivity contribution is 0.0686. The third-order valence-electron chi connectivity index (χ3n) is 3.36. The minimum atomic E-state index is -1.44. The summed E-state index contributed by atoms with van der Waals surface area (Å²) in [5.41, 5.74) is -0.476. The molecule has 0 bridgehead atoms. The van der Waals surface area contributed by atoms with Gasteiger partial charge in [-0.15, -0.1) is 0 Å². The summed E-state index contributed by atoms with van der Waals surface area (Å²) in [5, 5.41) is 18.6. The molecule has 110 valence electrons. The molecule has 0 unspecified atom stereocenters. The van der Waals surface area contributed by atoms with Crippen molar-refractivity contribution >= 4 is 17.3 Å². The van der Waals surface area contributed by atoms with Gasteiger partial charge < -0.3 is 19.8 Å². The number of aromatic carboxylic acids is 1. The Bertz CT molecular complexity index is 764. The fourth-order valence-corrected chi connectivity index (χ4v) is 2.28. The number of fused-ring (bicyclic) bond motifs is 1. The highest BCUT2D eigenvalue weighted by atomic mass is 16.5.